The van der Waals surface area contributed by atoms with Gasteiger partial charge in [0, 0.05) is 25.7 Å². The van der Waals surface area contributed by atoms with Crippen molar-refractivity contribution in [1.29, 1.82) is 0 Å². The molecule has 1 aliphatic carbocycles. The van der Waals surface area contributed by atoms with E-state index in [2.05, 4.69) is 40.7 Å². The third-order valence-electron chi connectivity index (χ3n) is 5.02. The lowest BCUT2D eigenvalue weighted by Gasteiger charge is -2.15. The van der Waals surface area contributed by atoms with Crippen molar-refractivity contribution < 1.29 is 13.2 Å². The smallest absolute Gasteiger partial charge is 0.238 e. The number of sulfonamides is 1. The van der Waals surface area contributed by atoms with E-state index in [4.69, 9.17) is 9.88 Å². The Balaban J connectivity index is 0.00000341. The van der Waals surface area contributed by atoms with Crippen molar-refractivity contribution in [3.63, 3.8) is 0 Å². The number of hydrogen-bond acceptors (Lipinski definition) is 4. The normalized spacial score (nSPS) is 14.0. The molecule has 170 valence electrons. The number of ether oxygens (including phenoxy) is 1. The van der Waals surface area contributed by atoms with Crippen LogP contribution < -0.4 is 20.5 Å². The first-order valence-electron chi connectivity index (χ1n) is 10.1. The largest absolute Gasteiger partial charge is 0.493 e. The monoisotopic (exact) mass is 558 g/mol. The number of hydrogen-bond donors (Lipinski definition) is 3. The summed E-state index contributed by atoms with van der Waals surface area (Å²) in [4.78, 5) is 4.39. The predicted octanol–water partition coefficient (Wildman–Crippen LogP) is 2.96. The third-order valence-corrected chi connectivity index (χ3v) is 5.95. The number of benzene rings is 2. The summed E-state index contributed by atoms with van der Waals surface area (Å²) in [5.41, 5.74) is 3.29. The molecule has 1 aliphatic rings. The van der Waals surface area contributed by atoms with Crippen LogP contribution in [0.25, 0.3) is 0 Å². The van der Waals surface area contributed by atoms with E-state index in [1.807, 2.05) is 0 Å². The van der Waals surface area contributed by atoms with Gasteiger partial charge in [0.05, 0.1) is 11.5 Å². The minimum atomic E-state index is -3.66. The molecule has 0 spiro atoms. The molecule has 0 bridgehead atoms. The Morgan fingerprint density at radius 1 is 1.16 bits per heavy atom. The summed E-state index contributed by atoms with van der Waals surface area (Å²) >= 11 is 0. The summed E-state index contributed by atoms with van der Waals surface area (Å²) in [7, 11) is -1.93. The summed E-state index contributed by atoms with van der Waals surface area (Å²) < 4.78 is 28.7. The topological polar surface area (TPSA) is 106 Å². The number of aryl methyl sites for hydroxylation is 1. The molecule has 2 aromatic carbocycles. The highest BCUT2D eigenvalue weighted by Gasteiger charge is 2.22. The first-order chi connectivity index (χ1) is 14.3. The van der Waals surface area contributed by atoms with E-state index < -0.39 is 10.0 Å². The maximum absolute atomic E-state index is 11.3. The van der Waals surface area contributed by atoms with Crippen LogP contribution in [0, 0.1) is 12.8 Å². The van der Waals surface area contributed by atoms with Crippen molar-refractivity contribution in [2.45, 2.75) is 37.6 Å². The van der Waals surface area contributed by atoms with Gasteiger partial charge < -0.3 is 15.4 Å². The lowest BCUT2D eigenvalue weighted by Crippen LogP contribution is -2.37. The molecule has 4 N–H and O–H groups in total. The van der Waals surface area contributed by atoms with Gasteiger partial charge in [-0.2, -0.15) is 0 Å². The van der Waals surface area contributed by atoms with Gasteiger partial charge >= 0.3 is 0 Å². The predicted molar refractivity (Wildman–Crippen MR) is 135 cm³/mol. The lowest BCUT2D eigenvalue weighted by atomic mass is 10.1. The summed E-state index contributed by atoms with van der Waals surface area (Å²) in [6.07, 6.45) is 3.26. The molecule has 9 heteroatoms. The van der Waals surface area contributed by atoms with Gasteiger partial charge in [0.2, 0.25) is 10.0 Å². The van der Waals surface area contributed by atoms with Crippen molar-refractivity contribution in [3.8, 4) is 5.75 Å². The zero-order chi connectivity index (χ0) is 21.6. The Morgan fingerprint density at radius 2 is 1.87 bits per heavy atom. The number of nitrogens with two attached hydrogens (primary N) is 1. The summed E-state index contributed by atoms with van der Waals surface area (Å²) in [5.74, 6) is 2.34. The van der Waals surface area contributed by atoms with E-state index in [0.717, 1.165) is 29.9 Å². The van der Waals surface area contributed by atoms with Crippen LogP contribution in [-0.2, 0) is 23.0 Å². The Morgan fingerprint density at radius 3 is 2.48 bits per heavy atom. The van der Waals surface area contributed by atoms with Crippen molar-refractivity contribution >= 4 is 40.0 Å². The van der Waals surface area contributed by atoms with Gasteiger partial charge in [0.1, 0.15) is 5.75 Å². The SMILES string of the molecule is CN=C(NCCc1ccc(S(N)(=O)=O)cc1)NCc1ccc(C)cc1OCC1CC1.I. The van der Waals surface area contributed by atoms with E-state index in [9.17, 15) is 8.42 Å². The van der Waals surface area contributed by atoms with E-state index in [0.29, 0.717) is 25.0 Å². The van der Waals surface area contributed by atoms with Gasteiger partial charge in [-0.1, -0.05) is 24.3 Å². The van der Waals surface area contributed by atoms with Crippen LogP contribution in [0.1, 0.15) is 29.5 Å². The Hall–Kier alpha value is -1.85. The molecule has 3 rings (SSSR count). The first-order valence-corrected chi connectivity index (χ1v) is 11.7. The summed E-state index contributed by atoms with van der Waals surface area (Å²) in [5, 5.41) is 11.7. The van der Waals surface area contributed by atoms with Crippen molar-refractivity contribution in [2.75, 3.05) is 20.2 Å². The van der Waals surface area contributed by atoms with E-state index in [1.165, 1.54) is 30.5 Å². The molecule has 1 fully saturated rings. The van der Waals surface area contributed by atoms with Crippen LogP contribution in [-0.4, -0.2) is 34.6 Å². The molecule has 0 amide bonds. The molecule has 0 atom stereocenters. The molecule has 0 saturated heterocycles. The second kappa shape index (κ2) is 11.7. The van der Waals surface area contributed by atoms with E-state index in [1.54, 1.807) is 19.2 Å². The fraction of sp³-hybridized carbons (Fsp3) is 0.409. The van der Waals surface area contributed by atoms with Crippen molar-refractivity contribution in [3.05, 3.63) is 59.2 Å². The average Bonchev–Trinajstić information content (AvgIpc) is 3.54. The Kier molecular flexibility index (Phi) is 9.57. The van der Waals surface area contributed by atoms with E-state index >= 15 is 0 Å². The van der Waals surface area contributed by atoms with Crippen molar-refractivity contribution in [1.82, 2.24) is 10.6 Å². The zero-order valence-corrected chi connectivity index (χ0v) is 21.1. The third kappa shape index (κ3) is 8.30. The molecule has 0 heterocycles. The van der Waals surface area contributed by atoms with Crippen LogP contribution in [0.5, 0.6) is 5.75 Å². The zero-order valence-electron chi connectivity index (χ0n) is 17.9. The van der Waals surface area contributed by atoms with Crippen LogP contribution in [0.2, 0.25) is 0 Å². The molecule has 2 aromatic rings. The molecule has 0 unspecified atom stereocenters. The minimum absolute atomic E-state index is 0. The first kappa shape index (κ1) is 25.4. The number of halogens is 1. The highest BCUT2D eigenvalue weighted by molar-refractivity contribution is 14.0. The molecule has 31 heavy (non-hydrogen) atoms. The molecule has 0 radical (unpaired) electrons. The molecule has 1 saturated carbocycles. The molecule has 0 aliphatic heterocycles. The quantitative estimate of drug-likeness (QED) is 0.250. The highest BCUT2D eigenvalue weighted by Crippen LogP contribution is 2.30. The number of nitrogens with one attached hydrogen (secondary N) is 2. The van der Waals surface area contributed by atoms with E-state index in [-0.39, 0.29) is 28.9 Å². The molecular formula is C22H31IN4O3S. The van der Waals surface area contributed by atoms with Crippen LogP contribution in [0.3, 0.4) is 0 Å². The van der Waals surface area contributed by atoms with Crippen LogP contribution in [0.15, 0.2) is 52.4 Å². The highest BCUT2D eigenvalue weighted by atomic mass is 127. The number of aliphatic imine (C=N–C) groups is 1. The molecule has 7 nitrogen and oxygen atoms in total. The summed E-state index contributed by atoms with van der Waals surface area (Å²) in [6, 6.07) is 12.9. The number of primary sulfonamides is 1. The average molecular weight is 558 g/mol. The van der Waals surface area contributed by atoms with Crippen LogP contribution in [0.4, 0.5) is 0 Å². The van der Waals surface area contributed by atoms with Gasteiger partial charge in [0.15, 0.2) is 5.96 Å². The number of rotatable bonds is 9. The summed E-state index contributed by atoms with van der Waals surface area (Å²) in [6.45, 7) is 4.13. The minimum Gasteiger partial charge on any atom is -0.493 e. The van der Waals surface area contributed by atoms with Gasteiger partial charge in [-0.05, 0) is 61.4 Å². The maximum atomic E-state index is 11.3. The van der Waals surface area contributed by atoms with Crippen molar-refractivity contribution in [2.24, 2.45) is 16.0 Å². The Labute approximate surface area is 201 Å². The van der Waals surface area contributed by atoms with Gasteiger partial charge in [-0.3, -0.25) is 4.99 Å². The fourth-order valence-electron chi connectivity index (χ4n) is 3.00. The second-order valence-electron chi connectivity index (χ2n) is 7.66. The Bertz CT molecular complexity index is 990. The molecule has 0 aromatic heterocycles. The maximum Gasteiger partial charge on any atom is 0.238 e. The number of nitrogens with zero attached hydrogens (tertiary/aromatic N) is 1. The second-order valence-corrected chi connectivity index (χ2v) is 9.22. The van der Waals surface area contributed by atoms with Crippen LogP contribution >= 0.6 is 24.0 Å². The van der Waals surface area contributed by atoms with Gasteiger partial charge in [-0.25, -0.2) is 13.6 Å². The lowest BCUT2D eigenvalue weighted by molar-refractivity contribution is 0.296. The molecular weight excluding hydrogens is 527 g/mol. The fourth-order valence-corrected chi connectivity index (χ4v) is 3.52. The standard InChI is InChI=1S/C22H30N4O3S.HI/c1-16-3-8-19(21(13-16)29-15-18-4-5-18)14-26-22(24-2)25-12-11-17-6-9-20(10-7-17)30(23,27)28;/h3,6-10,13,18H,4-5,11-12,14-15H2,1-2H3,(H2,23,27,28)(H2,24,25,26);1H. The number of guanidine groups is 1. The van der Waals surface area contributed by atoms with Gasteiger partial charge in [0.25, 0.3) is 0 Å². The van der Waals surface area contributed by atoms with Gasteiger partial charge in [-0.15, -0.1) is 24.0 Å².